The molecule has 2 N–H and O–H groups in total. The molecule has 0 saturated carbocycles. The summed E-state index contributed by atoms with van der Waals surface area (Å²) in [4.78, 5) is 0. The number of halogens is 2. The molecule has 0 radical (unpaired) electrons. The predicted octanol–water partition coefficient (Wildman–Crippen LogP) is 3.78. The number of rotatable bonds is 4. The van der Waals surface area contributed by atoms with E-state index in [0.717, 1.165) is 24.8 Å². The Balaban J connectivity index is 2.70. The fourth-order valence-corrected chi connectivity index (χ4v) is 1.58. The fraction of sp³-hybridized carbons (Fsp3) is 0.455. The van der Waals surface area contributed by atoms with E-state index in [1.165, 1.54) is 6.07 Å². The number of unbranched alkanes of at least 4 members (excludes halogenated alkanes) is 1. The van der Waals surface area contributed by atoms with Crippen molar-refractivity contribution in [2.24, 2.45) is 5.73 Å². The highest BCUT2D eigenvalue weighted by atomic mass is 79.9. The highest BCUT2D eigenvalue weighted by Crippen LogP contribution is 2.22. The molecule has 78 valence electrons. The van der Waals surface area contributed by atoms with Crippen molar-refractivity contribution in [3.63, 3.8) is 0 Å². The van der Waals surface area contributed by atoms with Gasteiger partial charge in [-0.15, -0.1) is 0 Å². The molecule has 1 aromatic carbocycles. The Morgan fingerprint density at radius 2 is 2.21 bits per heavy atom. The summed E-state index contributed by atoms with van der Waals surface area (Å²) in [6.07, 6.45) is 3.11. The average molecular weight is 260 g/mol. The van der Waals surface area contributed by atoms with Crippen LogP contribution in [-0.2, 0) is 0 Å². The van der Waals surface area contributed by atoms with Crippen LogP contribution in [0.15, 0.2) is 22.7 Å². The van der Waals surface area contributed by atoms with E-state index in [2.05, 4.69) is 22.9 Å². The molecule has 1 atom stereocenters. The Kier molecular flexibility index (Phi) is 4.55. The van der Waals surface area contributed by atoms with Gasteiger partial charge in [-0.2, -0.15) is 0 Å². The van der Waals surface area contributed by atoms with Gasteiger partial charge in [-0.3, -0.25) is 0 Å². The van der Waals surface area contributed by atoms with Crippen molar-refractivity contribution < 1.29 is 4.39 Å². The van der Waals surface area contributed by atoms with Crippen molar-refractivity contribution in [3.8, 4) is 0 Å². The SMILES string of the molecule is CCCC[C@@H](N)c1ccc(Br)c(F)c1. The van der Waals surface area contributed by atoms with Gasteiger partial charge in [-0.05, 0) is 40.0 Å². The van der Waals surface area contributed by atoms with Gasteiger partial charge in [0.25, 0.3) is 0 Å². The van der Waals surface area contributed by atoms with E-state index in [0.29, 0.717) is 4.47 Å². The maximum atomic E-state index is 13.2. The highest BCUT2D eigenvalue weighted by Gasteiger charge is 2.07. The molecule has 0 spiro atoms. The lowest BCUT2D eigenvalue weighted by Gasteiger charge is -2.11. The molecule has 0 aromatic heterocycles. The molecule has 0 aliphatic heterocycles. The van der Waals surface area contributed by atoms with Gasteiger partial charge in [0.15, 0.2) is 0 Å². The van der Waals surface area contributed by atoms with Crippen molar-refractivity contribution in [1.29, 1.82) is 0 Å². The van der Waals surface area contributed by atoms with Gasteiger partial charge in [0.05, 0.1) is 4.47 Å². The monoisotopic (exact) mass is 259 g/mol. The van der Waals surface area contributed by atoms with Gasteiger partial charge in [0, 0.05) is 6.04 Å². The van der Waals surface area contributed by atoms with Crippen LogP contribution in [0.5, 0.6) is 0 Å². The Bertz CT molecular complexity index is 301. The standard InChI is InChI=1S/C11H15BrFN/c1-2-3-4-11(14)8-5-6-9(12)10(13)7-8/h5-7,11H,2-4,14H2,1H3/t11-/m1/s1. The molecule has 0 saturated heterocycles. The van der Waals surface area contributed by atoms with Crippen LogP contribution in [0, 0.1) is 5.82 Å². The summed E-state index contributed by atoms with van der Waals surface area (Å²) in [5, 5.41) is 0. The summed E-state index contributed by atoms with van der Waals surface area (Å²) < 4.78 is 13.6. The minimum absolute atomic E-state index is 0.0439. The lowest BCUT2D eigenvalue weighted by molar-refractivity contribution is 0.586. The fourth-order valence-electron chi connectivity index (χ4n) is 1.33. The average Bonchev–Trinajstić information content (AvgIpc) is 2.18. The van der Waals surface area contributed by atoms with Gasteiger partial charge >= 0.3 is 0 Å². The molecule has 0 heterocycles. The summed E-state index contributed by atoms with van der Waals surface area (Å²) in [5.74, 6) is -0.241. The van der Waals surface area contributed by atoms with Crippen molar-refractivity contribution in [3.05, 3.63) is 34.1 Å². The third-order valence-electron chi connectivity index (χ3n) is 2.24. The Labute approximate surface area is 92.6 Å². The van der Waals surface area contributed by atoms with E-state index in [4.69, 9.17) is 5.73 Å². The molecule has 1 rings (SSSR count). The smallest absolute Gasteiger partial charge is 0.137 e. The van der Waals surface area contributed by atoms with Crippen LogP contribution in [0.1, 0.15) is 37.8 Å². The Morgan fingerprint density at radius 1 is 1.50 bits per heavy atom. The van der Waals surface area contributed by atoms with Crippen LogP contribution in [-0.4, -0.2) is 0 Å². The van der Waals surface area contributed by atoms with E-state index in [-0.39, 0.29) is 11.9 Å². The topological polar surface area (TPSA) is 26.0 Å². The Morgan fingerprint density at radius 3 is 2.79 bits per heavy atom. The second-order valence-corrected chi connectivity index (χ2v) is 4.28. The number of hydrogen-bond acceptors (Lipinski definition) is 1. The molecular weight excluding hydrogens is 245 g/mol. The number of hydrogen-bond donors (Lipinski definition) is 1. The maximum Gasteiger partial charge on any atom is 0.137 e. The van der Waals surface area contributed by atoms with Crippen LogP contribution in [0.2, 0.25) is 0 Å². The lowest BCUT2D eigenvalue weighted by atomic mass is 10.0. The van der Waals surface area contributed by atoms with Crippen LogP contribution < -0.4 is 5.73 Å². The summed E-state index contributed by atoms with van der Waals surface area (Å²) in [5.41, 5.74) is 6.79. The molecule has 3 heteroatoms. The third-order valence-corrected chi connectivity index (χ3v) is 2.88. The number of benzene rings is 1. The van der Waals surface area contributed by atoms with Gasteiger partial charge < -0.3 is 5.73 Å². The minimum atomic E-state index is -0.241. The third kappa shape index (κ3) is 3.07. The van der Waals surface area contributed by atoms with E-state index < -0.39 is 0 Å². The van der Waals surface area contributed by atoms with Crippen LogP contribution >= 0.6 is 15.9 Å². The highest BCUT2D eigenvalue weighted by molar-refractivity contribution is 9.10. The normalized spacial score (nSPS) is 12.9. The van der Waals surface area contributed by atoms with E-state index in [1.54, 1.807) is 6.07 Å². The molecule has 0 amide bonds. The molecule has 14 heavy (non-hydrogen) atoms. The van der Waals surface area contributed by atoms with E-state index in [9.17, 15) is 4.39 Å². The second kappa shape index (κ2) is 5.47. The van der Waals surface area contributed by atoms with E-state index >= 15 is 0 Å². The molecule has 0 bridgehead atoms. The zero-order valence-corrected chi connectivity index (χ0v) is 9.85. The van der Waals surface area contributed by atoms with E-state index in [1.807, 2.05) is 6.07 Å². The predicted molar refractivity (Wildman–Crippen MR) is 60.6 cm³/mol. The molecular formula is C11H15BrFN. The van der Waals surface area contributed by atoms with Crippen molar-refractivity contribution in [1.82, 2.24) is 0 Å². The van der Waals surface area contributed by atoms with Gasteiger partial charge in [-0.1, -0.05) is 25.8 Å². The van der Waals surface area contributed by atoms with Gasteiger partial charge in [0.1, 0.15) is 5.82 Å². The largest absolute Gasteiger partial charge is 0.324 e. The van der Waals surface area contributed by atoms with Crippen LogP contribution in [0.3, 0.4) is 0 Å². The minimum Gasteiger partial charge on any atom is -0.324 e. The van der Waals surface area contributed by atoms with Gasteiger partial charge in [0.2, 0.25) is 0 Å². The van der Waals surface area contributed by atoms with Crippen LogP contribution in [0.4, 0.5) is 4.39 Å². The first kappa shape index (κ1) is 11.7. The zero-order valence-electron chi connectivity index (χ0n) is 8.26. The first-order chi connectivity index (χ1) is 6.65. The van der Waals surface area contributed by atoms with Crippen molar-refractivity contribution >= 4 is 15.9 Å². The molecule has 1 nitrogen and oxygen atoms in total. The first-order valence-electron chi connectivity index (χ1n) is 4.85. The van der Waals surface area contributed by atoms with Crippen molar-refractivity contribution in [2.45, 2.75) is 32.2 Å². The van der Waals surface area contributed by atoms with Crippen LogP contribution in [0.25, 0.3) is 0 Å². The molecule has 0 unspecified atom stereocenters. The summed E-state index contributed by atoms with van der Waals surface area (Å²) in [7, 11) is 0. The summed E-state index contributed by atoms with van der Waals surface area (Å²) >= 11 is 3.12. The Hall–Kier alpha value is -0.410. The summed E-state index contributed by atoms with van der Waals surface area (Å²) in [6, 6.07) is 5.03. The van der Waals surface area contributed by atoms with Crippen molar-refractivity contribution in [2.75, 3.05) is 0 Å². The maximum absolute atomic E-state index is 13.2. The number of nitrogens with two attached hydrogens (primary N) is 1. The molecule has 0 fully saturated rings. The summed E-state index contributed by atoms with van der Waals surface area (Å²) in [6.45, 7) is 2.12. The second-order valence-electron chi connectivity index (χ2n) is 3.42. The zero-order chi connectivity index (χ0) is 10.6. The molecule has 1 aromatic rings. The first-order valence-corrected chi connectivity index (χ1v) is 5.65. The quantitative estimate of drug-likeness (QED) is 0.875. The molecule has 0 aliphatic carbocycles. The lowest BCUT2D eigenvalue weighted by Crippen LogP contribution is -2.10. The van der Waals surface area contributed by atoms with Gasteiger partial charge in [-0.25, -0.2) is 4.39 Å². The molecule has 0 aliphatic rings.